The van der Waals surface area contributed by atoms with Gasteiger partial charge in [-0.15, -0.1) is 0 Å². The van der Waals surface area contributed by atoms with E-state index in [1.165, 1.54) is 0 Å². The van der Waals surface area contributed by atoms with Gasteiger partial charge in [-0.1, -0.05) is 13.8 Å². The summed E-state index contributed by atoms with van der Waals surface area (Å²) in [5.74, 6) is 1.51. The first-order valence-electron chi connectivity index (χ1n) is 11.5. The third-order valence-corrected chi connectivity index (χ3v) is 6.72. The zero-order valence-corrected chi connectivity index (χ0v) is 19.4. The maximum absolute atomic E-state index is 12.2. The van der Waals surface area contributed by atoms with E-state index in [1.54, 1.807) is 18.3 Å². The van der Waals surface area contributed by atoms with E-state index in [2.05, 4.69) is 22.2 Å². The van der Waals surface area contributed by atoms with Gasteiger partial charge in [-0.25, -0.2) is 19.7 Å². The minimum Gasteiger partial charge on any atom is -0.474 e. The first-order valence-corrected chi connectivity index (χ1v) is 11.5. The number of nitrogens with zero attached hydrogens (tertiary/aromatic N) is 3. The number of hydrogen-bond acceptors (Lipinski definition) is 8. The highest BCUT2D eigenvalue weighted by Gasteiger charge is 2.32. The van der Waals surface area contributed by atoms with Gasteiger partial charge in [-0.2, -0.15) is 0 Å². The molecule has 1 fully saturated rings. The largest absolute Gasteiger partial charge is 0.474 e. The Labute approximate surface area is 192 Å². The Kier molecular flexibility index (Phi) is 5.20. The van der Waals surface area contributed by atoms with Crippen molar-refractivity contribution in [2.45, 2.75) is 70.6 Å². The van der Waals surface area contributed by atoms with E-state index in [-0.39, 0.29) is 24.1 Å². The third-order valence-electron chi connectivity index (χ3n) is 6.72. The van der Waals surface area contributed by atoms with Crippen LogP contribution in [0, 0.1) is 0 Å². The average Bonchev–Trinajstić information content (AvgIpc) is 3.61. The molecule has 3 atom stereocenters. The fraction of sp³-hybridized carbons (Fsp3) is 0.440. The predicted molar refractivity (Wildman–Crippen MR) is 126 cm³/mol. The minimum atomic E-state index is -0.544. The maximum atomic E-state index is 12.2. The molecule has 3 aromatic heterocycles. The second-order valence-electron chi connectivity index (χ2n) is 9.33. The minimum absolute atomic E-state index is 0.00585. The molecule has 0 aromatic carbocycles. The number of carbonyl (C=O) groups excluding carboxylic acids is 1. The number of ether oxygens (including phenoxy) is 2. The molecule has 0 spiro atoms. The van der Waals surface area contributed by atoms with E-state index < -0.39 is 5.54 Å². The monoisotopic (exact) mass is 447 g/mol. The molecule has 3 aromatic rings. The molecule has 3 N–H and O–H groups in total. The van der Waals surface area contributed by atoms with Gasteiger partial charge in [0.2, 0.25) is 5.88 Å². The lowest BCUT2D eigenvalue weighted by Crippen LogP contribution is -2.32. The number of carbonyl (C=O) groups is 1. The van der Waals surface area contributed by atoms with Crippen molar-refractivity contribution in [3.63, 3.8) is 0 Å². The van der Waals surface area contributed by atoms with Crippen LogP contribution in [0.2, 0.25) is 0 Å². The number of anilines is 2. The van der Waals surface area contributed by atoms with Crippen molar-refractivity contribution in [1.29, 1.82) is 0 Å². The molecule has 4 heterocycles. The van der Waals surface area contributed by atoms with Crippen LogP contribution < -0.4 is 15.8 Å². The summed E-state index contributed by atoms with van der Waals surface area (Å²) >= 11 is 0. The van der Waals surface area contributed by atoms with E-state index in [4.69, 9.17) is 20.2 Å². The summed E-state index contributed by atoms with van der Waals surface area (Å²) in [6, 6.07) is 5.48. The van der Waals surface area contributed by atoms with Gasteiger partial charge in [0.15, 0.2) is 0 Å². The van der Waals surface area contributed by atoms with Crippen LogP contribution in [-0.2, 0) is 10.3 Å². The van der Waals surface area contributed by atoms with Gasteiger partial charge in [0, 0.05) is 23.9 Å². The molecule has 8 nitrogen and oxygen atoms in total. The van der Waals surface area contributed by atoms with E-state index in [0.29, 0.717) is 23.1 Å². The van der Waals surface area contributed by atoms with Crippen LogP contribution in [0.1, 0.15) is 74.5 Å². The van der Waals surface area contributed by atoms with E-state index in [9.17, 15) is 4.79 Å². The highest BCUT2D eigenvalue weighted by molar-refractivity contribution is 5.93. The third kappa shape index (κ3) is 3.99. The van der Waals surface area contributed by atoms with Crippen LogP contribution >= 0.6 is 0 Å². The lowest BCUT2D eigenvalue weighted by atomic mass is 9.88. The van der Waals surface area contributed by atoms with Gasteiger partial charge in [-0.05, 0) is 62.3 Å². The van der Waals surface area contributed by atoms with Crippen molar-refractivity contribution < 1.29 is 14.3 Å². The Balaban J connectivity index is 1.54. The molecule has 33 heavy (non-hydrogen) atoms. The van der Waals surface area contributed by atoms with Crippen LogP contribution in [-0.4, -0.2) is 33.1 Å². The highest BCUT2D eigenvalue weighted by Crippen LogP contribution is 2.37. The molecule has 1 saturated carbocycles. The lowest BCUT2D eigenvalue weighted by Gasteiger charge is -2.27. The molecule has 0 saturated heterocycles. The molecule has 1 aliphatic heterocycles. The van der Waals surface area contributed by atoms with Crippen molar-refractivity contribution in [1.82, 2.24) is 15.0 Å². The van der Waals surface area contributed by atoms with Gasteiger partial charge in [-0.3, -0.25) is 0 Å². The molecule has 5 rings (SSSR count). The number of nitrogens with one attached hydrogen (secondary N) is 1. The number of aromatic nitrogens is 3. The van der Waals surface area contributed by atoms with Crippen molar-refractivity contribution >= 4 is 28.4 Å². The summed E-state index contributed by atoms with van der Waals surface area (Å²) in [5.41, 5.74) is 8.25. The van der Waals surface area contributed by atoms with Gasteiger partial charge in [0.1, 0.15) is 23.8 Å². The van der Waals surface area contributed by atoms with E-state index in [0.717, 1.165) is 41.3 Å². The summed E-state index contributed by atoms with van der Waals surface area (Å²) in [7, 11) is 0. The fourth-order valence-corrected chi connectivity index (χ4v) is 4.01. The molecular formula is C25H29N5O3. The number of nitrogens with two attached hydrogens (primary N) is 1. The Morgan fingerprint density at radius 3 is 2.70 bits per heavy atom. The summed E-state index contributed by atoms with van der Waals surface area (Å²) in [5, 5.41) is 5.09. The normalized spacial score (nSPS) is 21.8. The Bertz CT molecular complexity index is 1240. The standard InChI is InChI=1S/C25H29N5O3/c1-5-25(4,26)19-12-28-23(33-15-6-7-15)18-11-27-21(10-17(18)19)29-20-9-8-16-22(30-20)13(2)14(3)32-24(16)31/h8-15H,5-7,26H2,1-4H3,(H,27,29,30)/t13-,14-,25-/m0/s1. The van der Waals surface area contributed by atoms with Gasteiger partial charge >= 0.3 is 5.97 Å². The van der Waals surface area contributed by atoms with E-state index >= 15 is 0 Å². The number of fused-ring (bicyclic) bond motifs is 2. The predicted octanol–water partition coefficient (Wildman–Crippen LogP) is 4.56. The van der Waals surface area contributed by atoms with Gasteiger partial charge in [0.25, 0.3) is 0 Å². The fourth-order valence-electron chi connectivity index (χ4n) is 4.01. The number of cyclic esters (lactones) is 1. The Hall–Kier alpha value is -3.26. The van der Waals surface area contributed by atoms with Crippen molar-refractivity contribution in [3.8, 4) is 5.88 Å². The molecule has 0 amide bonds. The first-order chi connectivity index (χ1) is 15.8. The summed E-state index contributed by atoms with van der Waals surface area (Å²) in [4.78, 5) is 26.1. The maximum Gasteiger partial charge on any atom is 0.340 e. The summed E-state index contributed by atoms with van der Waals surface area (Å²) < 4.78 is 11.4. The molecule has 0 unspecified atom stereocenters. The van der Waals surface area contributed by atoms with E-state index in [1.807, 2.05) is 33.0 Å². The quantitative estimate of drug-likeness (QED) is 0.529. The zero-order valence-electron chi connectivity index (χ0n) is 19.4. The van der Waals surface area contributed by atoms with Crippen molar-refractivity contribution in [2.75, 3.05) is 5.32 Å². The lowest BCUT2D eigenvalue weighted by molar-refractivity contribution is 0.0235. The SMILES string of the molecule is CC[C@](C)(N)c1cnc(OC2CC2)c2cnc(Nc3ccc4c(n3)[C@@H](C)[C@H](C)OC4=O)cc12. The highest BCUT2D eigenvalue weighted by atomic mass is 16.5. The Morgan fingerprint density at radius 1 is 1.18 bits per heavy atom. The second-order valence-corrected chi connectivity index (χ2v) is 9.33. The number of pyridine rings is 3. The Morgan fingerprint density at radius 2 is 1.97 bits per heavy atom. The van der Waals surface area contributed by atoms with Gasteiger partial charge < -0.3 is 20.5 Å². The van der Waals surface area contributed by atoms with Crippen molar-refractivity contribution in [3.05, 3.63) is 47.4 Å². The molecular weight excluding hydrogens is 418 g/mol. The molecule has 1 aliphatic carbocycles. The summed E-state index contributed by atoms with van der Waals surface area (Å²) in [6.45, 7) is 7.96. The second kappa shape index (κ2) is 7.95. The number of rotatable bonds is 6. The molecule has 172 valence electrons. The topological polar surface area (TPSA) is 112 Å². The zero-order chi connectivity index (χ0) is 23.3. The number of hydrogen-bond donors (Lipinski definition) is 2. The molecule has 0 bridgehead atoms. The smallest absolute Gasteiger partial charge is 0.340 e. The van der Waals surface area contributed by atoms with Gasteiger partial charge in [0.05, 0.1) is 16.6 Å². The average molecular weight is 448 g/mol. The van der Waals surface area contributed by atoms with Crippen molar-refractivity contribution in [2.24, 2.45) is 5.73 Å². The van der Waals surface area contributed by atoms with Crippen LogP contribution in [0.15, 0.2) is 30.6 Å². The molecule has 8 heteroatoms. The number of esters is 1. The summed E-state index contributed by atoms with van der Waals surface area (Å²) in [6.07, 6.45) is 6.47. The van der Waals surface area contributed by atoms with Crippen LogP contribution in [0.3, 0.4) is 0 Å². The van der Waals surface area contributed by atoms with Crippen LogP contribution in [0.5, 0.6) is 5.88 Å². The van der Waals surface area contributed by atoms with Crippen LogP contribution in [0.25, 0.3) is 10.8 Å². The molecule has 2 aliphatic rings. The molecule has 0 radical (unpaired) electrons. The first kappa shape index (κ1) is 21.6. The van der Waals surface area contributed by atoms with Crippen LogP contribution in [0.4, 0.5) is 11.6 Å².